The van der Waals surface area contributed by atoms with E-state index in [1.165, 1.54) is 0 Å². The summed E-state index contributed by atoms with van der Waals surface area (Å²) in [4.78, 5) is 19.9. The summed E-state index contributed by atoms with van der Waals surface area (Å²) in [7, 11) is 0. The van der Waals surface area contributed by atoms with Crippen molar-refractivity contribution in [3.05, 3.63) is 0 Å². The molecule has 0 fully saturated rings. The lowest BCUT2D eigenvalue weighted by molar-refractivity contribution is 0.200. The summed E-state index contributed by atoms with van der Waals surface area (Å²) in [6.45, 7) is 0. The molecule has 0 bridgehead atoms. The van der Waals surface area contributed by atoms with Gasteiger partial charge >= 0.3 is 12.1 Å². The van der Waals surface area contributed by atoms with Gasteiger partial charge in [-0.3, -0.25) is 10.7 Å². The van der Waals surface area contributed by atoms with Gasteiger partial charge in [0.05, 0.1) is 0 Å². The van der Waals surface area contributed by atoms with Crippen molar-refractivity contribution in [2.24, 2.45) is 5.73 Å². The Kier molecular flexibility index (Phi) is 3.67. The molecule has 7 nitrogen and oxygen atoms in total. The van der Waals surface area contributed by atoms with E-state index in [-0.39, 0.29) is 5.11 Å². The van der Waals surface area contributed by atoms with Crippen LogP contribution in [-0.4, -0.2) is 22.3 Å². The Hall–Kier alpha value is -1.57. The molecule has 0 radical (unpaired) electrons. The average molecular weight is 178 g/mol. The Morgan fingerprint density at radius 1 is 1.36 bits per heavy atom. The molecular formula is C3H6N4O3S. The SMILES string of the molecule is NC(=O)NNC(=S)NC(=O)O. The lowest BCUT2D eigenvalue weighted by Gasteiger charge is -2.05. The molecule has 0 unspecified atom stereocenters. The molecule has 0 heterocycles. The monoisotopic (exact) mass is 178 g/mol. The van der Waals surface area contributed by atoms with Gasteiger partial charge in [0.2, 0.25) is 0 Å². The Labute approximate surface area is 66.9 Å². The van der Waals surface area contributed by atoms with Gasteiger partial charge in [0.1, 0.15) is 0 Å². The van der Waals surface area contributed by atoms with E-state index in [9.17, 15) is 9.59 Å². The van der Waals surface area contributed by atoms with Crippen LogP contribution in [0.5, 0.6) is 0 Å². The highest BCUT2D eigenvalue weighted by atomic mass is 32.1. The molecular weight excluding hydrogens is 172 g/mol. The van der Waals surface area contributed by atoms with Crippen LogP contribution in [0.1, 0.15) is 0 Å². The van der Waals surface area contributed by atoms with E-state index in [4.69, 9.17) is 5.11 Å². The maximum atomic E-state index is 10.0. The Balaban J connectivity index is 3.53. The smallest absolute Gasteiger partial charge is 0.410 e. The number of amides is 3. The molecule has 0 atom stereocenters. The van der Waals surface area contributed by atoms with Crippen LogP contribution in [0.25, 0.3) is 0 Å². The number of primary amides is 1. The van der Waals surface area contributed by atoms with Crippen LogP contribution in [0.4, 0.5) is 9.59 Å². The number of hydrogen-bond acceptors (Lipinski definition) is 3. The number of carbonyl (C=O) groups excluding carboxylic acids is 1. The fourth-order valence-corrected chi connectivity index (χ4v) is 0.385. The highest BCUT2D eigenvalue weighted by molar-refractivity contribution is 7.80. The van der Waals surface area contributed by atoms with Gasteiger partial charge in [-0.05, 0) is 12.2 Å². The molecule has 0 aliphatic carbocycles. The molecule has 3 amide bonds. The molecule has 62 valence electrons. The Morgan fingerprint density at radius 2 is 1.91 bits per heavy atom. The van der Waals surface area contributed by atoms with Crippen LogP contribution in [0, 0.1) is 0 Å². The first kappa shape index (κ1) is 9.43. The number of thiocarbonyl (C=S) groups is 1. The summed E-state index contributed by atoms with van der Waals surface area (Å²) in [5.74, 6) is 0. The number of hydrazine groups is 1. The second-order valence-corrected chi connectivity index (χ2v) is 1.78. The molecule has 8 heteroatoms. The zero-order chi connectivity index (χ0) is 8.85. The number of carbonyl (C=O) groups is 2. The van der Waals surface area contributed by atoms with Gasteiger partial charge in [0.25, 0.3) is 0 Å². The minimum Gasteiger partial charge on any atom is -0.465 e. The number of hydrogen-bond donors (Lipinski definition) is 5. The van der Waals surface area contributed by atoms with Crippen molar-refractivity contribution in [3.8, 4) is 0 Å². The summed E-state index contributed by atoms with van der Waals surface area (Å²) in [5.41, 5.74) is 8.53. The van der Waals surface area contributed by atoms with E-state index >= 15 is 0 Å². The molecule has 6 N–H and O–H groups in total. The Bertz CT molecular complexity index is 193. The standard InChI is InChI=1S/C3H6N4O3S/c4-1(8)6-7-2(11)5-3(9)10/h(H,9,10)(H3,4,6,8)(H2,5,7,11). The molecule has 0 aliphatic rings. The maximum Gasteiger partial charge on any atom is 0.410 e. The highest BCUT2D eigenvalue weighted by Crippen LogP contribution is 1.63. The van der Waals surface area contributed by atoms with Crippen LogP contribution in [-0.2, 0) is 0 Å². The lowest BCUT2D eigenvalue weighted by atomic mass is 11.0. The first-order valence-corrected chi connectivity index (χ1v) is 2.78. The quantitative estimate of drug-likeness (QED) is 0.234. The summed E-state index contributed by atoms with van der Waals surface area (Å²) in [5, 5.41) is 9.58. The highest BCUT2D eigenvalue weighted by Gasteiger charge is 1.99. The topological polar surface area (TPSA) is 116 Å². The number of rotatable bonds is 0. The molecule has 0 spiro atoms. The number of nitrogens with one attached hydrogen (secondary N) is 3. The molecule has 0 saturated carbocycles. The van der Waals surface area contributed by atoms with Gasteiger partial charge in [-0.2, -0.15) is 0 Å². The largest absolute Gasteiger partial charge is 0.465 e. The molecule has 0 aromatic rings. The van der Waals surface area contributed by atoms with Crippen molar-refractivity contribution in [3.63, 3.8) is 0 Å². The zero-order valence-corrected chi connectivity index (χ0v) is 6.07. The van der Waals surface area contributed by atoms with Crippen LogP contribution in [0.2, 0.25) is 0 Å². The summed E-state index contributed by atoms with van der Waals surface area (Å²) >= 11 is 4.38. The summed E-state index contributed by atoms with van der Waals surface area (Å²) in [6, 6.07) is -0.862. The lowest BCUT2D eigenvalue weighted by Crippen LogP contribution is -2.49. The predicted molar refractivity (Wildman–Crippen MR) is 39.6 cm³/mol. The van der Waals surface area contributed by atoms with Crippen LogP contribution < -0.4 is 21.9 Å². The van der Waals surface area contributed by atoms with Crippen LogP contribution in [0.15, 0.2) is 0 Å². The van der Waals surface area contributed by atoms with E-state index in [1.807, 2.05) is 10.9 Å². The Morgan fingerprint density at radius 3 is 2.27 bits per heavy atom. The third-order valence-electron chi connectivity index (χ3n) is 0.520. The third kappa shape index (κ3) is 6.31. The van der Waals surface area contributed by atoms with Gasteiger partial charge in [-0.1, -0.05) is 0 Å². The molecule has 11 heavy (non-hydrogen) atoms. The summed E-state index contributed by atoms with van der Waals surface area (Å²) in [6.07, 6.45) is -1.33. The van der Waals surface area contributed by atoms with Crippen molar-refractivity contribution in [2.75, 3.05) is 0 Å². The summed E-state index contributed by atoms with van der Waals surface area (Å²) < 4.78 is 0. The van der Waals surface area contributed by atoms with E-state index in [1.54, 1.807) is 5.32 Å². The number of nitrogens with two attached hydrogens (primary N) is 1. The van der Waals surface area contributed by atoms with E-state index in [2.05, 4.69) is 18.0 Å². The zero-order valence-electron chi connectivity index (χ0n) is 5.25. The van der Waals surface area contributed by atoms with Gasteiger partial charge in [0, 0.05) is 0 Å². The fraction of sp³-hybridized carbons (Fsp3) is 0. The first-order chi connectivity index (χ1) is 5.02. The van der Waals surface area contributed by atoms with Crippen molar-refractivity contribution in [1.82, 2.24) is 16.2 Å². The van der Waals surface area contributed by atoms with Gasteiger partial charge < -0.3 is 10.8 Å². The van der Waals surface area contributed by atoms with Crippen molar-refractivity contribution in [2.45, 2.75) is 0 Å². The molecule has 0 saturated heterocycles. The molecule has 0 aliphatic heterocycles. The average Bonchev–Trinajstić information content (AvgIpc) is 1.82. The van der Waals surface area contributed by atoms with Gasteiger partial charge in [0.15, 0.2) is 5.11 Å². The normalized spacial score (nSPS) is 8.00. The molecule has 0 rings (SSSR count). The van der Waals surface area contributed by atoms with Crippen molar-refractivity contribution in [1.29, 1.82) is 0 Å². The third-order valence-corrected chi connectivity index (χ3v) is 0.724. The maximum absolute atomic E-state index is 10.0. The first-order valence-electron chi connectivity index (χ1n) is 2.37. The predicted octanol–water partition coefficient (Wildman–Crippen LogP) is -1.29. The number of carboxylic acid groups (broad SMARTS) is 1. The second kappa shape index (κ2) is 4.28. The van der Waals surface area contributed by atoms with Crippen LogP contribution >= 0.6 is 12.2 Å². The van der Waals surface area contributed by atoms with Crippen molar-refractivity contribution >= 4 is 29.5 Å². The molecule has 0 aromatic carbocycles. The van der Waals surface area contributed by atoms with Gasteiger partial charge in [-0.25, -0.2) is 15.0 Å². The minimum absolute atomic E-state index is 0.253. The molecule has 0 aromatic heterocycles. The number of urea groups is 1. The van der Waals surface area contributed by atoms with E-state index in [0.717, 1.165) is 0 Å². The van der Waals surface area contributed by atoms with Gasteiger partial charge in [-0.15, -0.1) is 0 Å². The van der Waals surface area contributed by atoms with Crippen LogP contribution in [0.3, 0.4) is 0 Å². The minimum atomic E-state index is -1.33. The van der Waals surface area contributed by atoms with Crippen molar-refractivity contribution < 1.29 is 14.7 Å². The van der Waals surface area contributed by atoms with E-state index in [0.29, 0.717) is 0 Å². The second-order valence-electron chi connectivity index (χ2n) is 1.37. The van der Waals surface area contributed by atoms with E-state index < -0.39 is 12.1 Å². The fourth-order valence-electron chi connectivity index (χ4n) is 0.247.